The Kier molecular flexibility index (Phi) is 4.05. The standard InChI is InChI=1S/C16H18N4O2/c17-5-1-15(21)20-10-13-4-8-19(16(22)14(13)11-20)9-12-2-6-18-7-3-12/h2-3,6-7,13-14H,1,4,8-11H2/t13-,14-/m0/s1. The van der Waals surface area contributed by atoms with E-state index in [-0.39, 0.29) is 30.1 Å². The zero-order chi connectivity index (χ0) is 15.5. The summed E-state index contributed by atoms with van der Waals surface area (Å²) in [5.74, 6) is 0.0905. The van der Waals surface area contributed by atoms with Crippen molar-refractivity contribution in [2.45, 2.75) is 19.4 Å². The molecule has 0 aliphatic carbocycles. The number of rotatable bonds is 3. The molecule has 2 aliphatic heterocycles. The van der Waals surface area contributed by atoms with Gasteiger partial charge in [0.05, 0.1) is 12.0 Å². The summed E-state index contributed by atoms with van der Waals surface area (Å²) in [6.07, 6.45) is 4.26. The van der Waals surface area contributed by atoms with E-state index in [0.717, 1.165) is 18.5 Å². The number of nitriles is 1. The molecule has 2 amide bonds. The Labute approximate surface area is 129 Å². The van der Waals surface area contributed by atoms with E-state index in [1.165, 1.54) is 0 Å². The Balaban J connectivity index is 1.65. The van der Waals surface area contributed by atoms with Crippen molar-refractivity contribution < 1.29 is 9.59 Å². The van der Waals surface area contributed by atoms with Crippen LogP contribution in [0.25, 0.3) is 0 Å². The lowest BCUT2D eigenvalue weighted by Gasteiger charge is -2.33. The van der Waals surface area contributed by atoms with Crippen LogP contribution in [0.3, 0.4) is 0 Å². The molecule has 0 aromatic carbocycles. The van der Waals surface area contributed by atoms with Gasteiger partial charge in [0.15, 0.2) is 0 Å². The first kappa shape index (κ1) is 14.5. The Morgan fingerprint density at radius 3 is 2.86 bits per heavy atom. The van der Waals surface area contributed by atoms with Crippen LogP contribution in [0.1, 0.15) is 18.4 Å². The highest BCUT2D eigenvalue weighted by Gasteiger charge is 2.43. The SMILES string of the molecule is N#CCC(=O)N1C[C@@H]2CCN(Cc3ccncc3)C(=O)[C@H]2C1. The minimum absolute atomic E-state index is 0.103. The molecule has 0 spiro atoms. The Bertz CT molecular complexity index is 610. The van der Waals surface area contributed by atoms with Crippen LogP contribution < -0.4 is 0 Å². The summed E-state index contributed by atoms with van der Waals surface area (Å²) in [5.41, 5.74) is 1.07. The number of aromatic nitrogens is 1. The highest BCUT2D eigenvalue weighted by atomic mass is 16.2. The lowest BCUT2D eigenvalue weighted by Crippen LogP contribution is -2.44. The minimum Gasteiger partial charge on any atom is -0.341 e. The van der Waals surface area contributed by atoms with Crippen molar-refractivity contribution in [2.75, 3.05) is 19.6 Å². The molecule has 0 saturated carbocycles. The van der Waals surface area contributed by atoms with Gasteiger partial charge in [-0.2, -0.15) is 5.26 Å². The highest BCUT2D eigenvalue weighted by Crippen LogP contribution is 2.33. The van der Waals surface area contributed by atoms with Crippen LogP contribution in [0, 0.1) is 23.2 Å². The van der Waals surface area contributed by atoms with Crippen molar-refractivity contribution in [3.63, 3.8) is 0 Å². The Morgan fingerprint density at radius 1 is 1.36 bits per heavy atom. The fourth-order valence-electron chi connectivity index (χ4n) is 3.36. The topological polar surface area (TPSA) is 77.3 Å². The second-order valence-electron chi connectivity index (χ2n) is 5.90. The lowest BCUT2D eigenvalue weighted by atomic mass is 9.88. The van der Waals surface area contributed by atoms with E-state index in [4.69, 9.17) is 5.26 Å². The molecule has 1 aromatic heterocycles. The molecule has 2 fully saturated rings. The average molecular weight is 298 g/mol. The second kappa shape index (κ2) is 6.14. The molecule has 3 rings (SSSR count). The molecule has 6 heteroatoms. The van der Waals surface area contributed by atoms with Crippen LogP contribution in [-0.4, -0.2) is 46.2 Å². The van der Waals surface area contributed by atoms with Crippen molar-refractivity contribution in [1.29, 1.82) is 5.26 Å². The Morgan fingerprint density at radius 2 is 2.14 bits per heavy atom. The maximum absolute atomic E-state index is 12.6. The maximum atomic E-state index is 12.6. The molecule has 2 atom stereocenters. The molecule has 1 aromatic rings. The van der Waals surface area contributed by atoms with Crippen molar-refractivity contribution >= 4 is 11.8 Å². The van der Waals surface area contributed by atoms with Crippen LogP contribution >= 0.6 is 0 Å². The molecular weight excluding hydrogens is 280 g/mol. The largest absolute Gasteiger partial charge is 0.341 e. The van der Waals surface area contributed by atoms with E-state index in [9.17, 15) is 9.59 Å². The number of amides is 2. The number of likely N-dealkylation sites (tertiary alicyclic amines) is 2. The molecule has 6 nitrogen and oxygen atoms in total. The maximum Gasteiger partial charge on any atom is 0.236 e. The number of hydrogen-bond acceptors (Lipinski definition) is 4. The van der Waals surface area contributed by atoms with Gasteiger partial charge < -0.3 is 9.80 Å². The molecule has 2 aliphatic rings. The monoisotopic (exact) mass is 298 g/mol. The van der Waals surface area contributed by atoms with Crippen molar-refractivity contribution in [3.05, 3.63) is 30.1 Å². The molecule has 0 radical (unpaired) electrons. The van der Waals surface area contributed by atoms with Crippen molar-refractivity contribution in [1.82, 2.24) is 14.8 Å². The smallest absolute Gasteiger partial charge is 0.236 e. The molecule has 0 bridgehead atoms. The number of carbonyl (C=O) groups excluding carboxylic acids is 2. The Hall–Kier alpha value is -2.42. The summed E-state index contributed by atoms with van der Waals surface area (Å²) in [5, 5.41) is 8.64. The quantitative estimate of drug-likeness (QED) is 0.827. The number of nitrogens with zero attached hydrogens (tertiary/aromatic N) is 4. The normalized spacial score (nSPS) is 24.0. The molecule has 0 N–H and O–H groups in total. The van der Waals surface area contributed by atoms with Crippen LogP contribution in [0.4, 0.5) is 0 Å². The molecule has 22 heavy (non-hydrogen) atoms. The van der Waals surface area contributed by atoms with E-state index in [0.29, 0.717) is 19.6 Å². The van der Waals surface area contributed by atoms with Crippen molar-refractivity contribution in [3.8, 4) is 6.07 Å². The lowest BCUT2D eigenvalue weighted by molar-refractivity contribution is -0.140. The highest BCUT2D eigenvalue weighted by molar-refractivity contribution is 5.84. The van der Waals surface area contributed by atoms with Gasteiger partial charge in [0.2, 0.25) is 11.8 Å². The van der Waals surface area contributed by atoms with Gasteiger partial charge in [0.25, 0.3) is 0 Å². The van der Waals surface area contributed by atoms with E-state index in [2.05, 4.69) is 4.98 Å². The van der Waals surface area contributed by atoms with Gasteiger partial charge in [-0.15, -0.1) is 0 Å². The summed E-state index contributed by atoms with van der Waals surface area (Å²) >= 11 is 0. The third kappa shape index (κ3) is 2.80. The number of carbonyl (C=O) groups is 2. The van der Waals surface area contributed by atoms with Crippen LogP contribution in [-0.2, 0) is 16.1 Å². The van der Waals surface area contributed by atoms with E-state index in [1.807, 2.05) is 23.1 Å². The molecule has 0 unspecified atom stereocenters. The van der Waals surface area contributed by atoms with E-state index >= 15 is 0 Å². The first-order chi connectivity index (χ1) is 10.7. The second-order valence-corrected chi connectivity index (χ2v) is 5.90. The molecule has 2 saturated heterocycles. The minimum atomic E-state index is -0.162. The van der Waals surface area contributed by atoms with Gasteiger partial charge in [0.1, 0.15) is 6.42 Å². The molecular formula is C16H18N4O2. The zero-order valence-corrected chi connectivity index (χ0v) is 12.3. The summed E-state index contributed by atoms with van der Waals surface area (Å²) in [6, 6.07) is 5.71. The van der Waals surface area contributed by atoms with Crippen molar-refractivity contribution in [2.24, 2.45) is 11.8 Å². The van der Waals surface area contributed by atoms with Gasteiger partial charge in [-0.05, 0) is 30.0 Å². The van der Waals surface area contributed by atoms with Gasteiger partial charge in [-0.1, -0.05) is 0 Å². The predicted octanol–water partition coefficient (Wildman–Crippen LogP) is 0.802. The van der Waals surface area contributed by atoms with Gasteiger partial charge in [-0.25, -0.2) is 0 Å². The average Bonchev–Trinajstić information content (AvgIpc) is 2.97. The summed E-state index contributed by atoms with van der Waals surface area (Å²) in [7, 11) is 0. The third-order valence-electron chi connectivity index (χ3n) is 4.55. The van der Waals surface area contributed by atoms with Gasteiger partial charge >= 0.3 is 0 Å². The molecule has 114 valence electrons. The predicted molar refractivity (Wildman–Crippen MR) is 78.1 cm³/mol. The summed E-state index contributed by atoms with van der Waals surface area (Å²) < 4.78 is 0. The number of hydrogen-bond donors (Lipinski definition) is 0. The summed E-state index contributed by atoms with van der Waals surface area (Å²) in [6.45, 7) is 2.39. The summed E-state index contributed by atoms with van der Waals surface area (Å²) in [4.78, 5) is 32.0. The third-order valence-corrected chi connectivity index (χ3v) is 4.55. The number of fused-ring (bicyclic) bond motifs is 1. The first-order valence-corrected chi connectivity index (χ1v) is 7.51. The van der Waals surface area contributed by atoms with Gasteiger partial charge in [0, 0.05) is 38.6 Å². The van der Waals surface area contributed by atoms with Gasteiger partial charge in [-0.3, -0.25) is 14.6 Å². The fourth-order valence-corrected chi connectivity index (χ4v) is 3.36. The van der Waals surface area contributed by atoms with Crippen LogP contribution in [0.5, 0.6) is 0 Å². The van der Waals surface area contributed by atoms with Crippen LogP contribution in [0.2, 0.25) is 0 Å². The van der Waals surface area contributed by atoms with Crippen LogP contribution in [0.15, 0.2) is 24.5 Å². The number of piperidine rings is 1. The first-order valence-electron chi connectivity index (χ1n) is 7.51. The number of pyridine rings is 1. The fraction of sp³-hybridized carbons (Fsp3) is 0.500. The van der Waals surface area contributed by atoms with E-state index < -0.39 is 0 Å². The zero-order valence-electron chi connectivity index (χ0n) is 12.3. The van der Waals surface area contributed by atoms with E-state index in [1.54, 1.807) is 17.3 Å². The molecule has 3 heterocycles.